The fourth-order valence-corrected chi connectivity index (χ4v) is 3.37. The average molecular weight is 399 g/mol. The molecule has 0 aliphatic carbocycles. The number of nitrogens with two attached hydrogens (primary N) is 1. The highest BCUT2D eigenvalue weighted by molar-refractivity contribution is 9.10. The van der Waals surface area contributed by atoms with Gasteiger partial charge in [-0.2, -0.15) is 0 Å². The van der Waals surface area contributed by atoms with Gasteiger partial charge in [0.05, 0.1) is 12.6 Å². The summed E-state index contributed by atoms with van der Waals surface area (Å²) in [4.78, 5) is 0. The van der Waals surface area contributed by atoms with E-state index in [-0.39, 0.29) is 6.04 Å². The summed E-state index contributed by atoms with van der Waals surface area (Å²) in [5.74, 6) is 0.848. The Hall–Kier alpha value is -0.840. The van der Waals surface area contributed by atoms with Gasteiger partial charge in [-0.25, -0.2) is 0 Å². The van der Waals surface area contributed by atoms with Crippen molar-refractivity contribution in [2.24, 2.45) is 5.73 Å². The van der Waals surface area contributed by atoms with Crippen molar-refractivity contribution in [1.29, 1.82) is 0 Å². The molecule has 2 aromatic carbocycles. The number of hydrogen-bond acceptors (Lipinski definition) is 2. The summed E-state index contributed by atoms with van der Waals surface area (Å²) in [7, 11) is 0. The third kappa shape index (κ3) is 3.62. The second kappa shape index (κ2) is 6.74. The zero-order valence-electron chi connectivity index (χ0n) is 11.5. The van der Waals surface area contributed by atoms with Crippen molar-refractivity contribution in [3.05, 3.63) is 62.0 Å². The largest absolute Gasteiger partial charge is 0.494 e. The lowest BCUT2D eigenvalue weighted by molar-refractivity contribution is 0.340. The van der Waals surface area contributed by atoms with Gasteiger partial charge in [-0.05, 0) is 54.8 Å². The van der Waals surface area contributed by atoms with Crippen LogP contribution in [0.25, 0.3) is 0 Å². The fourth-order valence-electron chi connectivity index (χ4n) is 2.14. The molecule has 0 heterocycles. The maximum absolute atomic E-state index is 6.39. The lowest BCUT2D eigenvalue weighted by Gasteiger charge is -2.16. The first-order chi connectivity index (χ1) is 9.51. The number of rotatable bonds is 4. The van der Waals surface area contributed by atoms with Crippen molar-refractivity contribution in [3.63, 3.8) is 0 Å². The molecule has 106 valence electrons. The summed E-state index contributed by atoms with van der Waals surface area (Å²) in [6, 6.07) is 12.0. The van der Waals surface area contributed by atoms with E-state index >= 15 is 0 Å². The number of aryl methyl sites for hydroxylation is 1. The van der Waals surface area contributed by atoms with Crippen LogP contribution in [0.4, 0.5) is 0 Å². The summed E-state index contributed by atoms with van der Waals surface area (Å²) in [5.41, 5.74) is 9.71. The molecule has 0 bridgehead atoms. The van der Waals surface area contributed by atoms with Crippen molar-refractivity contribution in [2.75, 3.05) is 6.61 Å². The van der Waals surface area contributed by atoms with Crippen LogP contribution in [0.5, 0.6) is 5.75 Å². The van der Waals surface area contributed by atoms with E-state index < -0.39 is 0 Å². The molecule has 2 N–H and O–H groups in total. The van der Waals surface area contributed by atoms with Crippen LogP contribution in [0.15, 0.2) is 45.3 Å². The lowest BCUT2D eigenvalue weighted by Crippen LogP contribution is -2.13. The molecule has 20 heavy (non-hydrogen) atoms. The summed E-state index contributed by atoms with van der Waals surface area (Å²) in [5, 5.41) is 0. The Balaban J connectivity index is 2.35. The van der Waals surface area contributed by atoms with Crippen molar-refractivity contribution < 1.29 is 4.74 Å². The summed E-state index contributed by atoms with van der Waals surface area (Å²) in [6.45, 7) is 4.69. The van der Waals surface area contributed by atoms with Crippen LogP contribution in [-0.4, -0.2) is 6.61 Å². The Morgan fingerprint density at radius 2 is 1.90 bits per heavy atom. The third-order valence-corrected chi connectivity index (χ3v) is 4.19. The van der Waals surface area contributed by atoms with Crippen LogP contribution in [0.1, 0.15) is 29.7 Å². The molecular weight excluding hydrogens is 382 g/mol. The molecule has 0 aliphatic heterocycles. The molecule has 0 aromatic heterocycles. The van der Waals surface area contributed by atoms with Crippen LogP contribution < -0.4 is 10.5 Å². The van der Waals surface area contributed by atoms with Gasteiger partial charge in [-0.3, -0.25) is 0 Å². The van der Waals surface area contributed by atoms with Gasteiger partial charge < -0.3 is 10.5 Å². The third-order valence-electron chi connectivity index (χ3n) is 3.04. The van der Waals surface area contributed by atoms with E-state index in [0.717, 1.165) is 25.8 Å². The van der Waals surface area contributed by atoms with Gasteiger partial charge >= 0.3 is 0 Å². The molecule has 2 rings (SSSR count). The Kier molecular flexibility index (Phi) is 5.24. The van der Waals surface area contributed by atoms with Crippen molar-refractivity contribution >= 4 is 31.9 Å². The van der Waals surface area contributed by atoms with Crippen molar-refractivity contribution in [1.82, 2.24) is 0 Å². The van der Waals surface area contributed by atoms with Gasteiger partial charge in [0.15, 0.2) is 0 Å². The van der Waals surface area contributed by atoms with E-state index in [1.807, 2.05) is 25.1 Å². The topological polar surface area (TPSA) is 35.2 Å². The minimum absolute atomic E-state index is 0.170. The number of benzene rings is 2. The van der Waals surface area contributed by atoms with E-state index in [1.54, 1.807) is 0 Å². The van der Waals surface area contributed by atoms with Gasteiger partial charge in [0.1, 0.15) is 5.75 Å². The van der Waals surface area contributed by atoms with Gasteiger partial charge in [0.25, 0.3) is 0 Å². The summed E-state index contributed by atoms with van der Waals surface area (Å²) < 4.78 is 7.50. The van der Waals surface area contributed by atoms with Gasteiger partial charge in [0, 0.05) is 8.95 Å². The Labute approximate surface area is 136 Å². The molecular formula is C16H17Br2NO. The van der Waals surface area contributed by atoms with Crippen molar-refractivity contribution in [2.45, 2.75) is 19.9 Å². The first kappa shape index (κ1) is 15.5. The molecule has 0 saturated heterocycles. The summed E-state index contributed by atoms with van der Waals surface area (Å²) in [6.07, 6.45) is 0. The second-order valence-corrected chi connectivity index (χ2v) is 6.43. The zero-order valence-corrected chi connectivity index (χ0v) is 14.7. The molecule has 2 aromatic rings. The molecule has 2 nitrogen and oxygen atoms in total. The highest BCUT2D eigenvalue weighted by Crippen LogP contribution is 2.31. The molecule has 0 aliphatic rings. The van der Waals surface area contributed by atoms with E-state index in [9.17, 15) is 0 Å². The number of hydrogen-bond donors (Lipinski definition) is 1. The molecule has 4 heteroatoms. The average Bonchev–Trinajstić information content (AvgIpc) is 2.37. The molecule has 0 amide bonds. The van der Waals surface area contributed by atoms with Gasteiger partial charge in [-0.15, -0.1) is 0 Å². The smallest absolute Gasteiger partial charge is 0.120 e. The zero-order chi connectivity index (χ0) is 14.7. The monoisotopic (exact) mass is 397 g/mol. The molecule has 0 fully saturated rings. The molecule has 0 radical (unpaired) electrons. The first-order valence-corrected chi connectivity index (χ1v) is 8.04. The van der Waals surface area contributed by atoms with Gasteiger partial charge in [0.2, 0.25) is 0 Å². The lowest BCUT2D eigenvalue weighted by atomic mass is 9.98. The maximum Gasteiger partial charge on any atom is 0.120 e. The second-order valence-electron chi connectivity index (χ2n) is 4.66. The number of ether oxygens (including phenoxy) is 1. The standard InChI is InChI=1S/C16H17Br2NO/c1-3-20-13-4-5-14(15(18)9-13)16(19)11-6-10(2)7-12(17)8-11/h4-9,16H,3,19H2,1-2H3. The molecule has 1 atom stereocenters. The normalized spacial score (nSPS) is 12.2. The van der Waals surface area contributed by atoms with Crippen LogP contribution in [-0.2, 0) is 0 Å². The fraction of sp³-hybridized carbons (Fsp3) is 0.250. The predicted molar refractivity (Wildman–Crippen MR) is 90.2 cm³/mol. The Bertz CT molecular complexity index is 593. The Morgan fingerprint density at radius 1 is 1.15 bits per heavy atom. The van der Waals surface area contributed by atoms with Crippen LogP contribution in [0, 0.1) is 6.92 Å². The quantitative estimate of drug-likeness (QED) is 0.789. The van der Waals surface area contributed by atoms with Crippen molar-refractivity contribution in [3.8, 4) is 5.75 Å². The SMILES string of the molecule is CCOc1ccc(C(N)c2cc(C)cc(Br)c2)c(Br)c1. The maximum atomic E-state index is 6.39. The van der Waals surface area contributed by atoms with E-state index in [4.69, 9.17) is 10.5 Å². The first-order valence-electron chi connectivity index (χ1n) is 6.46. The molecule has 1 unspecified atom stereocenters. The summed E-state index contributed by atoms with van der Waals surface area (Å²) >= 11 is 7.10. The predicted octanol–water partition coefficient (Wildman–Crippen LogP) is 4.97. The van der Waals surface area contributed by atoms with Gasteiger partial charge in [-0.1, -0.05) is 44.0 Å². The highest BCUT2D eigenvalue weighted by Gasteiger charge is 2.14. The minimum atomic E-state index is -0.170. The van der Waals surface area contributed by atoms with E-state index in [0.29, 0.717) is 6.61 Å². The number of halogens is 2. The molecule has 0 saturated carbocycles. The highest BCUT2D eigenvalue weighted by atomic mass is 79.9. The van der Waals surface area contributed by atoms with Crippen LogP contribution >= 0.6 is 31.9 Å². The van der Waals surface area contributed by atoms with Crippen LogP contribution in [0.2, 0.25) is 0 Å². The Morgan fingerprint density at radius 3 is 2.50 bits per heavy atom. The van der Waals surface area contributed by atoms with E-state index in [2.05, 4.69) is 57.0 Å². The van der Waals surface area contributed by atoms with Crippen LogP contribution in [0.3, 0.4) is 0 Å². The minimum Gasteiger partial charge on any atom is -0.494 e. The molecule has 0 spiro atoms. The van der Waals surface area contributed by atoms with E-state index in [1.165, 1.54) is 5.56 Å².